The van der Waals surface area contributed by atoms with Crippen molar-refractivity contribution in [2.75, 3.05) is 0 Å². The van der Waals surface area contributed by atoms with Gasteiger partial charge in [0.1, 0.15) is 11.5 Å². The molecule has 0 spiro atoms. The highest BCUT2D eigenvalue weighted by atomic mass is 16.5. The molecule has 2 aromatic carbocycles. The lowest BCUT2D eigenvalue weighted by molar-refractivity contribution is -0.134. The molecule has 0 atom stereocenters. The van der Waals surface area contributed by atoms with Crippen molar-refractivity contribution in [3.63, 3.8) is 0 Å². The topological polar surface area (TPSA) is 46.5 Å². The predicted molar refractivity (Wildman–Crippen MR) is 148 cm³/mol. The van der Waals surface area contributed by atoms with Crippen LogP contribution in [0.2, 0.25) is 0 Å². The molecule has 0 aliphatic heterocycles. The standard InChI is InChI=1S/C32H48O3/c1-12-13-14-23-20-24(30(3,4)5)27(17-21(23)2)35-28(33)16-15-22-18-25(31(6,7)8)29(34)26(19-22)32(9,10)11/h17-20,34H,12-16H2,1-11H3. The number of phenols is 1. The maximum atomic E-state index is 13.0. The Morgan fingerprint density at radius 3 is 1.77 bits per heavy atom. The maximum absolute atomic E-state index is 13.0. The molecule has 0 aromatic heterocycles. The predicted octanol–water partition coefficient (Wildman–Crippen LogP) is 8.47. The highest BCUT2D eigenvalue weighted by Crippen LogP contribution is 2.40. The quantitative estimate of drug-likeness (QED) is 0.319. The zero-order valence-corrected chi connectivity index (χ0v) is 24.1. The largest absolute Gasteiger partial charge is 0.507 e. The summed E-state index contributed by atoms with van der Waals surface area (Å²) in [5.41, 5.74) is 5.97. The Morgan fingerprint density at radius 2 is 1.31 bits per heavy atom. The SMILES string of the molecule is CCCCc1cc(C(C)(C)C)c(OC(=O)CCc2cc(C(C)(C)C)c(O)c(C(C)(C)C)c2)cc1C. The number of aryl methyl sites for hydroxylation is 3. The minimum absolute atomic E-state index is 0.121. The van der Waals surface area contributed by atoms with Gasteiger partial charge in [0.25, 0.3) is 0 Å². The van der Waals surface area contributed by atoms with Crippen LogP contribution in [0.25, 0.3) is 0 Å². The van der Waals surface area contributed by atoms with E-state index in [1.165, 1.54) is 11.1 Å². The molecule has 0 aliphatic rings. The third kappa shape index (κ3) is 7.59. The van der Waals surface area contributed by atoms with Crippen molar-refractivity contribution in [1.29, 1.82) is 0 Å². The lowest BCUT2D eigenvalue weighted by Gasteiger charge is -2.28. The summed E-state index contributed by atoms with van der Waals surface area (Å²) < 4.78 is 5.96. The Labute approximate surface area is 214 Å². The van der Waals surface area contributed by atoms with Crippen molar-refractivity contribution >= 4 is 5.97 Å². The molecule has 194 valence electrons. The lowest BCUT2D eigenvalue weighted by atomic mass is 9.78. The number of rotatable bonds is 7. The number of esters is 1. The van der Waals surface area contributed by atoms with Crippen LogP contribution in [0.4, 0.5) is 0 Å². The van der Waals surface area contributed by atoms with Gasteiger partial charge in [0.2, 0.25) is 0 Å². The van der Waals surface area contributed by atoms with Crippen LogP contribution < -0.4 is 4.74 Å². The average molecular weight is 481 g/mol. The van der Waals surface area contributed by atoms with E-state index >= 15 is 0 Å². The van der Waals surface area contributed by atoms with Crippen LogP contribution in [0, 0.1) is 6.92 Å². The molecule has 3 heteroatoms. The van der Waals surface area contributed by atoms with Crippen LogP contribution >= 0.6 is 0 Å². The third-order valence-corrected chi connectivity index (χ3v) is 6.67. The van der Waals surface area contributed by atoms with Crippen molar-refractivity contribution in [2.24, 2.45) is 0 Å². The molecule has 0 radical (unpaired) electrons. The number of hydrogen-bond acceptors (Lipinski definition) is 3. The fraction of sp³-hybridized carbons (Fsp3) is 0.594. The normalized spacial score (nSPS) is 12.7. The minimum atomic E-state index is -0.223. The van der Waals surface area contributed by atoms with Crippen LogP contribution in [-0.2, 0) is 33.9 Å². The van der Waals surface area contributed by atoms with Gasteiger partial charge in [-0.25, -0.2) is 0 Å². The van der Waals surface area contributed by atoms with E-state index in [1.807, 2.05) is 18.2 Å². The van der Waals surface area contributed by atoms with E-state index in [4.69, 9.17) is 4.74 Å². The number of benzene rings is 2. The van der Waals surface area contributed by atoms with Gasteiger partial charge >= 0.3 is 5.97 Å². The molecule has 35 heavy (non-hydrogen) atoms. The van der Waals surface area contributed by atoms with Gasteiger partial charge in [-0.1, -0.05) is 93.9 Å². The summed E-state index contributed by atoms with van der Waals surface area (Å²) in [5.74, 6) is 0.820. The Bertz CT molecular complexity index is 1010. The number of unbranched alkanes of at least 4 members (excludes halogenated alkanes) is 1. The molecule has 2 rings (SSSR count). The van der Waals surface area contributed by atoms with Gasteiger partial charge in [0.05, 0.1) is 0 Å². The molecule has 0 fully saturated rings. The zero-order valence-electron chi connectivity index (χ0n) is 24.1. The molecule has 0 aliphatic carbocycles. The summed E-state index contributed by atoms with van der Waals surface area (Å²) >= 11 is 0. The van der Waals surface area contributed by atoms with Crippen LogP contribution in [0.3, 0.4) is 0 Å². The highest BCUT2D eigenvalue weighted by molar-refractivity contribution is 5.73. The van der Waals surface area contributed by atoms with Crippen molar-refractivity contribution in [1.82, 2.24) is 0 Å². The highest BCUT2D eigenvalue weighted by Gasteiger charge is 2.27. The number of ether oxygens (including phenoxy) is 1. The molecule has 0 bridgehead atoms. The molecule has 0 heterocycles. The maximum Gasteiger partial charge on any atom is 0.311 e. The smallest absolute Gasteiger partial charge is 0.311 e. The summed E-state index contributed by atoms with van der Waals surface area (Å²) in [4.78, 5) is 13.0. The fourth-order valence-corrected chi connectivity index (χ4v) is 4.44. The first-order chi connectivity index (χ1) is 15.9. The van der Waals surface area contributed by atoms with Crippen LogP contribution in [0.5, 0.6) is 11.5 Å². The number of carbonyl (C=O) groups excluding carboxylic acids is 1. The molecule has 3 nitrogen and oxygen atoms in total. The first-order valence-electron chi connectivity index (χ1n) is 13.2. The fourth-order valence-electron chi connectivity index (χ4n) is 4.44. The summed E-state index contributed by atoms with van der Waals surface area (Å²) in [6.07, 6.45) is 4.23. The lowest BCUT2D eigenvalue weighted by Crippen LogP contribution is -2.19. The second-order valence-electron chi connectivity index (χ2n) is 13.1. The van der Waals surface area contributed by atoms with Crippen molar-refractivity contribution in [2.45, 2.75) is 125 Å². The zero-order chi connectivity index (χ0) is 26.8. The van der Waals surface area contributed by atoms with Crippen molar-refractivity contribution in [3.05, 3.63) is 57.6 Å². The Morgan fingerprint density at radius 1 is 0.800 bits per heavy atom. The number of hydrogen-bond donors (Lipinski definition) is 1. The molecule has 1 N–H and O–H groups in total. The van der Waals surface area contributed by atoms with E-state index in [0.717, 1.165) is 41.5 Å². The third-order valence-electron chi connectivity index (χ3n) is 6.67. The van der Waals surface area contributed by atoms with Gasteiger partial charge in [0.15, 0.2) is 0 Å². The van der Waals surface area contributed by atoms with Gasteiger partial charge in [-0.3, -0.25) is 4.79 Å². The molecular weight excluding hydrogens is 432 g/mol. The van der Waals surface area contributed by atoms with Crippen molar-refractivity contribution < 1.29 is 14.6 Å². The molecule has 0 saturated heterocycles. The van der Waals surface area contributed by atoms with Crippen molar-refractivity contribution in [3.8, 4) is 11.5 Å². The van der Waals surface area contributed by atoms with E-state index < -0.39 is 0 Å². The average Bonchev–Trinajstić information content (AvgIpc) is 2.69. The van der Waals surface area contributed by atoms with Gasteiger partial charge in [0, 0.05) is 12.0 Å². The minimum Gasteiger partial charge on any atom is -0.507 e. The summed E-state index contributed by atoms with van der Waals surface area (Å²) in [7, 11) is 0. The van der Waals surface area contributed by atoms with Gasteiger partial charge in [-0.2, -0.15) is 0 Å². The Balaban J connectivity index is 2.31. The van der Waals surface area contributed by atoms with Crippen LogP contribution in [0.1, 0.15) is 122 Å². The second kappa shape index (κ2) is 10.8. The van der Waals surface area contributed by atoms with E-state index in [0.29, 0.717) is 17.9 Å². The first kappa shape index (κ1) is 28.9. The summed E-state index contributed by atoms with van der Waals surface area (Å²) in [5, 5.41) is 11.0. The summed E-state index contributed by atoms with van der Waals surface area (Å²) in [6, 6.07) is 8.37. The summed E-state index contributed by atoms with van der Waals surface area (Å²) in [6.45, 7) is 23.4. The number of carbonyl (C=O) groups is 1. The number of aromatic hydroxyl groups is 1. The molecular formula is C32H48O3. The van der Waals surface area contributed by atoms with Gasteiger partial charge in [-0.15, -0.1) is 0 Å². The first-order valence-corrected chi connectivity index (χ1v) is 13.2. The van der Waals surface area contributed by atoms with E-state index in [1.54, 1.807) is 0 Å². The van der Waals surface area contributed by atoms with Crippen LogP contribution in [-0.4, -0.2) is 11.1 Å². The van der Waals surface area contributed by atoms with Crippen LogP contribution in [0.15, 0.2) is 24.3 Å². The second-order valence-corrected chi connectivity index (χ2v) is 13.1. The Kier molecular flexibility index (Phi) is 8.90. The van der Waals surface area contributed by atoms with E-state index in [2.05, 4.69) is 82.2 Å². The van der Waals surface area contributed by atoms with Gasteiger partial charge in [-0.05, 0) is 76.3 Å². The van der Waals surface area contributed by atoms with E-state index in [-0.39, 0.29) is 28.6 Å². The molecule has 0 saturated carbocycles. The Hall–Kier alpha value is -2.29. The molecule has 0 unspecified atom stereocenters. The molecule has 2 aromatic rings. The monoisotopic (exact) mass is 480 g/mol. The van der Waals surface area contributed by atoms with Gasteiger partial charge < -0.3 is 9.84 Å². The molecule has 0 amide bonds. The van der Waals surface area contributed by atoms with E-state index in [9.17, 15) is 9.90 Å². The number of phenolic OH excluding ortho intramolecular Hbond substituents is 1.